The van der Waals surface area contributed by atoms with E-state index >= 15 is 0 Å². The van der Waals surface area contributed by atoms with Gasteiger partial charge in [-0.25, -0.2) is 13.8 Å². The molecule has 2 rings (SSSR count). The smallest absolute Gasteiger partial charge is 0.248 e. The van der Waals surface area contributed by atoms with Crippen LogP contribution in [0, 0.1) is 17.0 Å². The number of nitrogens with one attached hydrogen (secondary N) is 3. The number of benzene rings is 1. The van der Waals surface area contributed by atoms with Crippen molar-refractivity contribution in [3.8, 4) is 0 Å². The van der Waals surface area contributed by atoms with Gasteiger partial charge in [-0.15, -0.1) is 0 Å². The van der Waals surface area contributed by atoms with Gasteiger partial charge < -0.3 is 20.5 Å². The van der Waals surface area contributed by atoms with Crippen molar-refractivity contribution in [1.29, 1.82) is 0 Å². The van der Waals surface area contributed by atoms with Crippen molar-refractivity contribution in [3.63, 3.8) is 0 Å². The van der Waals surface area contributed by atoms with Crippen LogP contribution in [0.2, 0.25) is 0 Å². The van der Waals surface area contributed by atoms with Gasteiger partial charge in [0.15, 0.2) is 5.82 Å². The Hall–Kier alpha value is -2.81. The first-order valence-corrected chi connectivity index (χ1v) is 10.8. The maximum absolute atomic E-state index is 13.3. The molecule has 0 saturated heterocycles. The minimum Gasteiger partial charge on any atom is -0.344 e. The van der Waals surface area contributed by atoms with Gasteiger partial charge >= 0.3 is 0 Å². The first-order valence-electron chi connectivity index (χ1n) is 10.8. The van der Waals surface area contributed by atoms with Crippen molar-refractivity contribution in [2.24, 2.45) is 5.41 Å². The molecule has 32 heavy (non-hydrogen) atoms. The monoisotopic (exact) mass is 449 g/mol. The molecule has 0 spiro atoms. The lowest BCUT2D eigenvalue weighted by atomic mass is 9.97. The molecule has 3 N–H and O–H groups in total. The number of amides is 2. The summed E-state index contributed by atoms with van der Waals surface area (Å²) in [6, 6.07) is 2.17. The lowest BCUT2D eigenvalue weighted by Gasteiger charge is -2.18. The molecule has 2 aromatic rings. The fourth-order valence-corrected chi connectivity index (χ4v) is 3.13. The van der Waals surface area contributed by atoms with Crippen LogP contribution >= 0.6 is 0 Å². The molecule has 1 aromatic carbocycles. The van der Waals surface area contributed by atoms with Gasteiger partial charge in [0.05, 0.1) is 12.7 Å². The SMILES string of the molecule is CCCC(NC(=O)Cc1cc(F)cc(F)c1)C(=O)Nc1cn(CCNCC(C)(C)C)cn1. The molecule has 1 aromatic heterocycles. The van der Waals surface area contributed by atoms with Gasteiger partial charge in [-0.05, 0) is 29.5 Å². The van der Waals surface area contributed by atoms with Crippen LogP contribution in [0.3, 0.4) is 0 Å². The number of carbonyl (C=O) groups excluding carboxylic acids is 2. The Morgan fingerprint density at radius 3 is 2.47 bits per heavy atom. The average molecular weight is 450 g/mol. The Morgan fingerprint density at radius 1 is 1.16 bits per heavy atom. The number of rotatable bonds is 11. The second-order valence-electron chi connectivity index (χ2n) is 9.09. The van der Waals surface area contributed by atoms with Crippen molar-refractivity contribution in [2.75, 3.05) is 18.4 Å². The molecule has 1 unspecified atom stereocenters. The third-order valence-corrected chi connectivity index (χ3v) is 4.60. The summed E-state index contributed by atoms with van der Waals surface area (Å²) in [7, 11) is 0. The molecule has 0 bridgehead atoms. The average Bonchev–Trinajstić information content (AvgIpc) is 3.10. The van der Waals surface area contributed by atoms with Crippen molar-refractivity contribution >= 4 is 17.6 Å². The summed E-state index contributed by atoms with van der Waals surface area (Å²) >= 11 is 0. The van der Waals surface area contributed by atoms with E-state index < -0.39 is 23.6 Å². The number of hydrogen-bond acceptors (Lipinski definition) is 4. The van der Waals surface area contributed by atoms with Crippen LogP contribution in [0.4, 0.5) is 14.6 Å². The maximum atomic E-state index is 13.3. The zero-order chi connectivity index (χ0) is 23.7. The fourth-order valence-electron chi connectivity index (χ4n) is 3.13. The lowest BCUT2D eigenvalue weighted by molar-refractivity contribution is -0.126. The van der Waals surface area contributed by atoms with Gasteiger partial charge in [0.25, 0.3) is 0 Å². The van der Waals surface area contributed by atoms with Gasteiger partial charge in [0.1, 0.15) is 17.7 Å². The molecule has 0 aliphatic carbocycles. The van der Waals surface area contributed by atoms with E-state index in [9.17, 15) is 18.4 Å². The molecule has 7 nitrogen and oxygen atoms in total. The van der Waals surface area contributed by atoms with Gasteiger partial charge in [-0.2, -0.15) is 0 Å². The van der Waals surface area contributed by atoms with Gasteiger partial charge in [0.2, 0.25) is 11.8 Å². The number of nitrogens with zero attached hydrogens (tertiary/aromatic N) is 2. The standard InChI is InChI=1S/C23H33F2N5O2/c1-5-6-19(28-21(31)11-16-9-17(24)12-18(25)10-16)22(32)29-20-13-30(15-27-20)8-7-26-14-23(2,3)4/h9-10,12-13,15,19,26H,5-8,11,14H2,1-4H3,(H,28,31)(H,29,32). The topological polar surface area (TPSA) is 88.0 Å². The highest BCUT2D eigenvalue weighted by atomic mass is 19.1. The number of halogens is 2. The minimum absolute atomic E-state index is 0.203. The van der Waals surface area contributed by atoms with Crippen molar-refractivity contribution < 1.29 is 18.4 Å². The van der Waals surface area contributed by atoms with E-state index in [4.69, 9.17) is 0 Å². The Bertz CT molecular complexity index is 888. The second-order valence-corrected chi connectivity index (χ2v) is 9.09. The van der Waals surface area contributed by atoms with E-state index in [1.165, 1.54) is 0 Å². The number of anilines is 1. The highest BCUT2D eigenvalue weighted by molar-refractivity contribution is 5.96. The Balaban J connectivity index is 1.88. The molecular formula is C23H33F2N5O2. The lowest BCUT2D eigenvalue weighted by Crippen LogP contribution is -2.44. The molecule has 176 valence electrons. The van der Waals surface area contributed by atoms with Crippen LogP contribution in [0.15, 0.2) is 30.7 Å². The quantitative estimate of drug-likeness (QED) is 0.460. The Labute approximate surface area is 188 Å². The molecular weight excluding hydrogens is 416 g/mol. The molecule has 9 heteroatoms. The molecule has 1 heterocycles. The van der Waals surface area contributed by atoms with Crippen LogP contribution in [-0.2, 0) is 22.6 Å². The first-order chi connectivity index (χ1) is 15.1. The van der Waals surface area contributed by atoms with Crippen LogP contribution in [-0.4, -0.2) is 40.5 Å². The van der Waals surface area contributed by atoms with Crippen LogP contribution < -0.4 is 16.0 Å². The third kappa shape index (κ3) is 9.13. The van der Waals surface area contributed by atoms with Crippen LogP contribution in [0.1, 0.15) is 46.1 Å². The van der Waals surface area contributed by atoms with Gasteiger partial charge in [-0.3, -0.25) is 9.59 Å². The van der Waals surface area contributed by atoms with E-state index in [0.29, 0.717) is 25.2 Å². The van der Waals surface area contributed by atoms with Gasteiger partial charge in [-0.1, -0.05) is 34.1 Å². The molecule has 1 atom stereocenters. The largest absolute Gasteiger partial charge is 0.344 e. The van der Waals surface area contributed by atoms with E-state index in [1.807, 2.05) is 11.5 Å². The number of hydrogen-bond donors (Lipinski definition) is 3. The number of aromatic nitrogens is 2. The van der Waals surface area contributed by atoms with Crippen molar-refractivity contribution in [3.05, 3.63) is 47.9 Å². The highest BCUT2D eigenvalue weighted by Crippen LogP contribution is 2.11. The van der Waals surface area contributed by atoms with Crippen LogP contribution in [0.25, 0.3) is 0 Å². The fraction of sp³-hybridized carbons (Fsp3) is 0.522. The predicted octanol–water partition coefficient (Wildman–Crippen LogP) is 3.26. The van der Waals surface area contributed by atoms with E-state index in [2.05, 4.69) is 41.7 Å². The van der Waals surface area contributed by atoms with Crippen molar-refractivity contribution in [2.45, 2.75) is 59.5 Å². The Kier molecular flexibility index (Phi) is 9.31. The molecule has 0 aliphatic rings. The summed E-state index contributed by atoms with van der Waals surface area (Å²) in [6.45, 7) is 10.8. The normalized spacial score (nSPS) is 12.4. The first kappa shape index (κ1) is 25.5. The predicted molar refractivity (Wildman–Crippen MR) is 120 cm³/mol. The van der Waals surface area contributed by atoms with Crippen molar-refractivity contribution in [1.82, 2.24) is 20.2 Å². The summed E-state index contributed by atoms with van der Waals surface area (Å²) in [5.74, 6) is -1.98. The highest BCUT2D eigenvalue weighted by Gasteiger charge is 2.21. The van der Waals surface area contributed by atoms with E-state index in [-0.39, 0.29) is 23.3 Å². The minimum atomic E-state index is -0.774. The summed E-state index contributed by atoms with van der Waals surface area (Å²) < 4.78 is 28.5. The maximum Gasteiger partial charge on any atom is 0.248 e. The zero-order valence-electron chi connectivity index (χ0n) is 19.2. The number of carbonyl (C=O) groups is 2. The van der Waals surface area contributed by atoms with Crippen LogP contribution in [0.5, 0.6) is 0 Å². The summed E-state index contributed by atoms with van der Waals surface area (Å²) in [5, 5.41) is 8.75. The molecule has 0 radical (unpaired) electrons. The number of imidazole rings is 1. The zero-order valence-corrected chi connectivity index (χ0v) is 19.2. The summed E-state index contributed by atoms with van der Waals surface area (Å²) in [4.78, 5) is 29.2. The third-order valence-electron chi connectivity index (χ3n) is 4.60. The second kappa shape index (κ2) is 11.7. The Morgan fingerprint density at radius 2 is 1.84 bits per heavy atom. The molecule has 0 fully saturated rings. The van der Waals surface area contributed by atoms with E-state index in [1.54, 1.807) is 12.5 Å². The van der Waals surface area contributed by atoms with E-state index in [0.717, 1.165) is 31.3 Å². The summed E-state index contributed by atoms with van der Waals surface area (Å²) in [5.41, 5.74) is 0.407. The molecule has 0 saturated carbocycles. The molecule has 2 amide bonds. The van der Waals surface area contributed by atoms with Gasteiger partial charge in [0, 0.05) is 31.9 Å². The summed E-state index contributed by atoms with van der Waals surface area (Å²) in [6.07, 6.45) is 4.24. The molecule has 0 aliphatic heterocycles.